The molecule has 3 rings (SSSR count). The fourth-order valence-electron chi connectivity index (χ4n) is 3.62. The second-order valence-corrected chi connectivity index (χ2v) is 7.89. The Balaban J connectivity index is 1.73. The largest absolute Gasteiger partial charge is 0.368 e. The molecule has 2 aromatic carbocycles. The molecule has 7 heteroatoms. The molecule has 0 spiro atoms. The molecular formula is C21H22BrN3O3. The van der Waals surface area contributed by atoms with E-state index in [1.165, 1.54) is 0 Å². The second kappa shape index (κ2) is 8.56. The Morgan fingerprint density at radius 1 is 0.964 bits per heavy atom. The van der Waals surface area contributed by atoms with Gasteiger partial charge >= 0.3 is 0 Å². The molecule has 0 aliphatic heterocycles. The maximum Gasteiger partial charge on any atom is 0.251 e. The Hall–Kier alpha value is -2.67. The third kappa shape index (κ3) is 4.42. The number of nitrogens with one attached hydrogen (secondary N) is 2. The van der Waals surface area contributed by atoms with Crippen molar-refractivity contribution < 1.29 is 14.4 Å². The van der Waals surface area contributed by atoms with Crippen molar-refractivity contribution in [1.29, 1.82) is 0 Å². The van der Waals surface area contributed by atoms with Crippen LogP contribution in [0.5, 0.6) is 0 Å². The third-order valence-electron chi connectivity index (χ3n) is 5.12. The predicted octanol–water partition coefficient (Wildman–Crippen LogP) is 3.11. The van der Waals surface area contributed by atoms with Gasteiger partial charge in [0.15, 0.2) is 0 Å². The second-order valence-electron chi connectivity index (χ2n) is 6.98. The van der Waals surface area contributed by atoms with Gasteiger partial charge in [-0.25, -0.2) is 0 Å². The summed E-state index contributed by atoms with van der Waals surface area (Å²) in [5.41, 5.74) is 6.53. The van der Waals surface area contributed by atoms with Gasteiger partial charge in [-0.15, -0.1) is 0 Å². The number of hydrogen-bond donors (Lipinski definition) is 3. The van der Waals surface area contributed by atoms with Gasteiger partial charge in [0.2, 0.25) is 11.8 Å². The number of amides is 3. The van der Waals surface area contributed by atoms with Crippen LogP contribution in [0.15, 0.2) is 53.0 Å². The van der Waals surface area contributed by atoms with E-state index < -0.39 is 11.3 Å². The van der Waals surface area contributed by atoms with Gasteiger partial charge in [0.05, 0.1) is 12.0 Å². The molecule has 1 aliphatic carbocycles. The summed E-state index contributed by atoms with van der Waals surface area (Å²) in [5.74, 6) is -1.02. The summed E-state index contributed by atoms with van der Waals surface area (Å²) in [6.07, 6.45) is 3.66. The first-order valence-electron chi connectivity index (χ1n) is 9.15. The highest BCUT2D eigenvalue weighted by Crippen LogP contribution is 2.42. The number of rotatable bonds is 6. The van der Waals surface area contributed by atoms with Crippen molar-refractivity contribution in [2.45, 2.75) is 31.1 Å². The fourth-order valence-corrected chi connectivity index (χ4v) is 3.88. The van der Waals surface area contributed by atoms with Crippen molar-refractivity contribution in [2.75, 3.05) is 11.9 Å². The maximum atomic E-state index is 13.2. The maximum absolute atomic E-state index is 13.2. The van der Waals surface area contributed by atoms with E-state index in [1.807, 2.05) is 24.3 Å². The molecule has 1 fully saturated rings. The van der Waals surface area contributed by atoms with Crippen LogP contribution in [0, 0.1) is 0 Å². The SMILES string of the molecule is NC(=O)CNC(=O)c1ccc(NC(=O)C2(c3ccc(Br)cc3)CCCC2)cc1. The van der Waals surface area contributed by atoms with E-state index in [-0.39, 0.29) is 18.4 Å². The first kappa shape index (κ1) is 20.1. The monoisotopic (exact) mass is 443 g/mol. The minimum absolute atomic E-state index is 0.0294. The van der Waals surface area contributed by atoms with E-state index in [0.717, 1.165) is 35.7 Å². The summed E-state index contributed by atoms with van der Waals surface area (Å²) >= 11 is 3.44. The Bertz CT molecular complexity index is 873. The van der Waals surface area contributed by atoms with Gasteiger partial charge in [0.1, 0.15) is 0 Å². The van der Waals surface area contributed by atoms with Crippen LogP contribution >= 0.6 is 15.9 Å². The molecule has 6 nitrogen and oxygen atoms in total. The summed E-state index contributed by atoms with van der Waals surface area (Å²) in [6.45, 7) is -0.215. The molecule has 1 aliphatic rings. The van der Waals surface area contributed by atoms with Crippen LogP contribution < -0.4 is 16.4 Å². The standard InChI is InChI=1S/C21H22BrN3O3/c22-16-7-5-15(6-8-16)21(11-1-2-12-21)20(28)25-17-9-3-14(4-10-17)19(27)24-13-18(23)26/h3-10H,1-2,11-13H2,(H2,23,26)(H,24,27)(H,25,28). The summed E-state index contributed by atoms with van der Waals surface area (Å²) in [4.78, 5) is 35.9. The molecule has 1 saturated carbocycles. The normalized spacial score (nSPS) is 15.0. The van der Waals surface area contributed by atoms with Gasteiger partial charge < -0.3 is 16.4 Å². The van der Waals surface area contributed by atoms with Crippen LogP contribution in [0.3, 0.4) is 0 Å². The van der Waals surface area contributed by atoms with Crippen LogP contribution in [0.1, 0.15) is 41.6 Å². The van der Waals surface area contributed by atoms with Crippen LogP contribution in [0.25, 0.3) is 0 Å². The number of nitrogens with two attached hydrogens (primary N) is 1. The quantitative estimate of drug-likeness (QED) is 0.638. The van der Waals surface area contributed by atoms with Gasteiger partial charge in [0, 0.05) is 15.7 Å². The van der Waals surface area contributed by atoms with E-state index in [2.05, 4.69) is 26.6 Å². The van der Waals surface area contributed by atoms with Gasteiger partial charge in [-0.3, -0.25) is 14.4 Å². The van der Waals surface area contributed by atoms with Gasteiger partial charge in [-0.2, -0.15) is 0 Å². The Kier molecular flexibility index (Phi) is 6.14. The van der Waals surface area contributed by atoms with Crippen molar-refractivity contribution in [3.05, 3.63) is 64.1 Å². The molecule has 28 heavy (non-hydrogen) atoms. The van der Waals surface area contributed by atoms with Gasteiger partial charge in [0.25, 0.3) is 5.91 Å². The highest BCUT2D eigenvalue weighted by atomic mass is 79.9. The van der Waals surface area contributed by atoms with Crippen LogP contribution in [0.2, 0.25) is 0 Å². The summed E-state index contributed by atoms with van der Waals surface area (Å²) in [7, 11) is 0. The molecule has 3 amide bonds. The Labute approximate surface area is 172 Å². The van der Waals surface area contributed by atoms with Crippen molar-refractivity contribution in [3.8, 4) is 0 Å². The molecule has 0 saturated heterocycles. The van der Waals surface area contributed by atoms with Crippen LogP contribution in [-0.2, 0) is 15.0 Å². The smallest absolute Gasteiger partial charge is 0.251 e. The fraction of sp³-hybridized carbons (Fsp3) is 0.286. The van der Waals surface area contributed by atoms with Crippen molar-refractivity contribution in [3.63, 3.8) is 0 Å². The number of carbonyl (C=O) groups excluding carboxylic acids is 3. The van der Waals surface area contributed by atoms with E-state index in [9.17, 15) is 14.4 Å². The van der Waals surface area contributed by atoms with E-state index in [4.69, 9.17) is 5.73 Å². The molecule has 0 radical (unpaired) electrons. The first-order chi connectivity index (χ1) is 13.4. The third-order valence-corrected chi connectivity index (χ3v) is 5.65. The van der Waals surface area contributed by atoms with Crippen molar-refractivity contribution in [2.24, 2.45) is 5.73 Å². The lowest BCUT2D eigenvalue weighted by Gasteiger charge is -2.28. The minimum Gasteiger partial charge on any atom is -0.368 e. The molecule has 2 aromatic rings. The average Bonchev–Trinajstić information content (AvgIpc) is 3.18. The number of benzene rings is 2. The lowest BCUT2D eigenvalue weighted by atomic mass is 9.78. The topological polar surface area (TPSA) is 101 Å². The lowest BCUT2D eigenvalue weighted by molar-refractivity contribution is -0.121. The van der Waals surface area contributed by atoms with E-state index >= 15 is 0 Å². The van der Waals surface area contributed by atoms with E-state index in [0.29, 0.717) is 11.3 Å². The molecule has 0 aromatic heterocycles. The number of carbonyl (C=O) groups is 3. The van der Waals surface area contributed by atoms with Crippen LogP contribution in [0.4, 0.5) is 5.69 Å². The Morgan fingerprint density at radius 2 is 1.57 bits per heavy atom. The van der Waals surface area contributed by atoms with Crippen LogP contribution in [-0.4, -0.2) is 24.3 Å². The highest BCUT2D eigenvalue weighted by molar-refractivity contribution is 9.10. The predicted molar refractivity (Wildman–Crippen MR) is 111 cm³/mol. The number of primary amides is 1. The number of halogens is 1. The highest BCUT2D eigenvalue weighted by Gasteiger charge is 2.42. The van der Waals surface area contributed by atoms with Gasteiger partial charge in [-0.1, -0.05) is 40.9 Å². The van der Waals surface area contributed by atoms with Gasteiger partial charge in [-0.05, 0) is 54.8 Å². The molecule has 146 valence electrons. The zero-order chi connectivity index (χ0) is 20.1. The average molecular weight is 444 g/mol. The Morgan fingerprint density at radius 3 is 2.14 bits per heavy atom. The number of anilines is 1. The molecule has 4 N–H and O–H groups in total. The summed E-state index contributed by atoms with van der Waals surface area (Å²) in [5, 5.41) is 5.43. The molecule has 0 unspecified atom stereocenters. The summed E-state index contributed by atoms with van der Waals surface area (Å²) in [6, 6.07) is 14.5. The minimum atomic E-state index is -0.605. The molecular weight excluding hydrogens is 422 g/mol. The summed E-state index contributed by atoms with van der Waals surface area (Å²) < 4.78 is 0.981. The van der Waals surface area contributed by atoms with Crippen molar-refractivity contribution in [1.82, 2.24) is 5.32 Å². The molecule has 0 bridgehead atoms. The van der Waals surface area contributed by atoms with Crippen molar-refractivity contribution >= 4 is 39.3 Å². The zero-order valence-corrected chi connectivity index (χ0v) is 16.9. The molecule has 0 atom stereocenters. The lowest BCUT2D eigenvalue weighted by Crippen LogP contribution is -2.38. The van der Waals surface area contributed by atoms with E-state index in [1.54, 1.807) is 24.3 Å². The first-order valence-corrected chi connectivity index (χ1v) is 9.94. The zero-order valence-electron chi connectivity index (χ0n) is 15.3. The molecule has 0 heterocycles. The number of hydrogen-bond acceptors (Lipinski definition) is 3.